The average Bonchev–Trinajstić information content (AvgIpc) is 2.90. The van der Waals surface area contributed by atoms with Gasteiger partial charge in [-0.05, 0) is 24.7 Å². The van der Waals surface area contributed by atoms with Crippen molar-refractivity contribution >= 4 is 12.2 Å². The highest BCUT2D eigenvalue weighted by atomic mass is 32.1. The Bertz CT molecular complexity index is 748. The van der Waals surface area contributed by atoms with Gasteiger partial charge in [-0.2, -0.15) is 5.10 Å². The van der Waals surface area contributed by atoms with Crippen LogP contribution in [0.5, 0.6) is 0 Å². The fourth-order valence-corrected chi connectivity index (χ4v) is 2.43. The van der Waals surface area contributed by atoms with E-state index in [0.717, 1.165) is 5.56 Å². The summed E-state index contributed by atoms with van der Waals surface area (Å²) in [6.45, 7) is 2.08. The zero-order chi connectivity index (χ0) is 13.9. The van der Waals surface area contributed by atoms with Crippen molar-refractivity contribution in [3.63, 3.8) is 0 Å². The Hall–Kier alpha value is -2.34. The van der Waals surface area contributed by atoms with Gasteiger partial charge in [0.05, 0.1) is 12.2 Å². The molecule has 0 saturated carbocycles. The van der Waals surface area contributed by atoms with Gasteiger partial charge in [0.2, 0.25) is 0 Å². The molecule has 3 aromatic rings. The Morgan fingerprint density at radius 1 is 1.20 bits per heavy atom. The molecular formula is C14H13N5S. The van der Waals surface area contributed by atoms with Gasteiger partial charge in [-0.3, -0.25) is 14.6 Å². The minimum Gasteiger partial charge on any atom is -0.291 e. The highest BCUT2D eigenvalue weighted by Crippen LogP contribution is 2.23. The van der Waals surface area contributed by atoms with Crippen LogP contribution in [0, 0.1) is 4.77 Å². The van der Waals surface area contributed by atoms with Gasteiger partial charge in [-0.25, -0.2) is 4.98 Å². The Balaban J connectivity index is 2.11. The van der Waals surface area contributed by atoms with Crippen molar-refractivity contribution in [2.75, 3.05) is 0 Å². The number of hydrogen-bond acceptors (Lipinski definition) is 4. The smallest absolute Gasteiger partial charge is 0.196 e. The maximum atomic E-state index is 5.35. The van der Waals surface area contributed by atoms with E-state index in [1.807, 2.05) is 22.8 Å². The lowest BCUT2D eigenvalue weighted by Gasteiger charge is -2.15. The van der Waals surface area contributed by atoms with Crippen LogP contribution in [0.25, 0.3) is 11.5 Å². The molecule has 100 valence electrons. The highest BCUT2D eigenvalue weighted by Gasteiger charge is 2.16. The summed E-state index contributed by atoms with van der Waals surface area (Å²) >= 11 is 5.35. The number of aromatic nitrogens is 5. The number of H-pyrrole nitrogens is 1. The normalized spacial score (nSPS) is 12.2. The zero-order valence-electron chi connectivity index (χ0n) is 10.9. The van der Waals surface area contributed by atoms with Crippen molar-refractivity contribution in [1.29, 1.82) is 0 Å². The lowest BCUT2D eigenvalue weighted by Crippen LogP contribution is -2.09. The molecule has 0 amide bonds. The third-order valence-electron chi connectivity index (χ3n) is 3.17. The van der Waals surface area contributed by atoms with Crippen LogP contribution in [-0.2, 0) is 0 Å². The Morgan fingerprint density at radius 2 is 2.00 bits per heavy atom. The highest BCUT2D eigenvalue weighted by molar-refractivity contribution is 7.71. The molecule has 0 bridgehead atoms. The predicted molar refractivity (Wildman–Crippen MR) is 78.7 cm³/mol. The zero-order valence-corrected chi connectivity index (χ0v) is 11.7. The fraction of sp³-hybridized carbons (Fsp3) is 0.143. The van der Waals surface area contributed by atoms with E-state index in [1.54, 1.807) is 18.6 Å². The van der Waals surface area contributed by atoms with Crippen molar-refractivity contribution in [1.82, 2.24) is 24.7 Å². The molecule has 2 aromatic heterocycles. The predicted octanol–water partition coefficient (Wildman–Crippen LogP) is 3.01. The number of aromatic amines is 1. The molecular weight excluding hydrogens is 270 g/mol. The van der Waals surface area contributed by atoms with Crippen LogP contribution in [0.2, 0.25) is 0 Å². The van der Waals surface area contributed by atoms with E-state index in [4.69, 9.17) is 12.2 Å². The third kappa shape index (κ3) is 2.25. The molecule has 0 aliphatic rings. The molecule has 0 unspecified atom stereocenters. The van der Waals surface area contributed by atoms with Crippen LogP contribution in [0.1, 0.15) is 18.5 Å². The minimum atomic E-state index is 0.0689. The molecule has 0 radical (unpaired) electrons. The Kier molecular flexibility index (Phi) is 3.39. The first-order valence-corrected chi connectivity index (χ1v) is 6.66. The van der Waals surface area contributed by atoms with Gasteiger partial charge in [0.1, 0.15) is 5.69 Å². The first kappa shape index (κ1) is 12.7. The summed E-state index contributed by atoms with van der Waals surface area (Å²) in [7, 11) is 0. The van der Waals surface area contributed by atoms with Crippen LogP contribution in [0.3, 0.4) is 0 Å². The van der Waals surface area contributed by atoms with Crippen LogP contribution >= 0.6 is 12.2 Å². The average molecular weight is 283 g/mol. The summed E-state index contributed by atoms with van der Waals surface area (Å²) in [5.41, 5.74) is 1.86. The minimum absolute atomic E-state index is 0.0689. The number of hydrogen-bond donors (Lipinski definition) is 1. The maximum Gasteiger partial charge on any atom is 0.196 e. The van der Waals surface area contributed by atoms with Gasteiger partial charge in [0.25, 0.3) is 0 Å². The molecule has 0 fully saturated rings. The van der Waals surface area contributed by atoms with Crippen molar-refractivity contribution in [3.8, 4) is 11.5 Å². The second kappa shape index (κ2) is 5.34. The number of nitrogens with zero attached hydrogens (tertiary/aromatic N) is 4. The van der Waals surface area contributed by atoms with Gasteiger partial charge in [0, 0.05) is 12.4 Å². The molecule has 0 aliphatic carbocycles. The van der Waals surface area contributed by atoms with E-state index in [0.29, 0.717) is 16.3 Å². The van der Waals surface area contributed by atoms with Gasteiger partial charge in [0.15, 0.2) is 10.6 Å². The van der Waals surface area contributed by atoms with Crippen molar-refractivity contribution < 1.29 is 0 Å². The van der Waals surface area contributed by atoms with Gasteiger partial charge in [-0.15, -0.1) is 0 Å². The second-order valence-corrected chi connectivity index (χ2v) is 4.79. The number of benzene rings is 1. The van der Waals surface area contributed by atoms with E-state index in [9.17, 15) is 0 Å². The summed E-state index contributed by atoms with van der Waals surface area (Å²) < 4.78 is 2.52. The third-order valence-corrected chi connectivity index (χ3v) is 3.45. The molecule has 3 rings (SSSR count). The topological polar surface area (TPSA) is 59.4 Å². The van der Waals surface area contributed by atoms with Crippen LogP contribution in [0.4, 0.5) is 0 Å². The van der Waals surface area contributed by atoms with Crippen molar-refractivity contribution in [2.45, 2.75) is 13.0 Å². The van der Waals surface area contributed by atoms with E-state index in [2.05, 4.69) is 39.2 Å². The van der Waals surface area contributed by atoms with Crippen molar-refractivity contribution in [2.24, 2.45) is 0 Å². The lowest BCUT2D eigenvalue weighted by molar-refractivity contribution is 0.634. The summed E-state index contributed by atoms with van der Waals surface area (Å²) in [4.78, 5) is 8.37. The second-order valence-electron chi connectivity index (χ2n) is 4.40. The van der Waals surface area contributed by atoms with Crippen LogP contribution in [-0.4, -0.2) is 24.7 Å². The summed E-state index contributed by atoms with van der Waals surface area (Å²) in [6.07, 6.45) is 4.96. The molecule has 1 N–H and O–H groups in total. The monoisotopic (exact) mass is 283 g/mol. The maximum absolute atomic E-state index is 5.35. The number of rotatable bonds is 3. The lowest BCUT2D eigenvalue weighted by atomic mass is 10.1. The Labute approximate surface area is 121 Å². The molecule has 5 nitrogen and oxygen atoms in total. The summed E-state index contributed by atoms with van der Waals surface area (Å²) in [6, 6.07) is 10.2. The molecule has 1 atom stereocenters. The van der Waals surface area contributed by atoms with E-state index >= 15 is 0 Å². The van der Waals surface area contributed by atoms with E-state index < -0.39 is 0 Å². The van der Waals surface area contributed by atoms with Gasteiger partial charge in [-0.1, -0.05) is 30.3 Å². The van der Waals surface area contributed by atoms with Crippen LogP contribution in [0.15, 0.2) is 48.9 Å². The molecule has 0 saturated heterocycles. The van der Waals surface area contributed by atoms with Gasteiger partial charge >= 0.3 is 0 Å². The molecule has 20 heavy (non-hydrogen) atoms. The molecule has 6 heteroatoms. The Morgan fingerprint density at radius 3 is 2.70 bits per heavy atom. The first-order valence-electron chi connectivity index (χ1n) is 6.25. The van der Waals surface area contributed by atoms with Crippen molar-refractivity contribution in [3.05, 3.63) is 59.3 Å². The fourth-order valence-electron chi connectivity index (χ4n) is 2.14. The molecule has 0 spiro atoms. The molecule has 0 aliphatic heterocycles. The first-order chi connectivity index (χ1) is 9.77. The summed E-state index contributed by atoms with van der Waals surface area (Å²) in [5, 5.41) is 7.11. The standard InChI is InChI=1S/C14H13N5S/c1-10(11-5-3-2-4-6-11)19-13(17-18-14(19)20)12-9-15-7-8-16-12/h2-10H,1H3,(H,18,20)/t10-/m1/s1. The molecule has 2 heterocycles. The number of nitrogens with one attached hydrogen (secondary N) is 1. The van der Waals surface area contributed by atoms with E-state index in [-0.39, 0.29) is 6.04 Å². The quantitative estimate of drug-likeness (QED) is 0.751. The van der Waals surface area contributed by atoms with Gasteiger partial charge < -0.3 is 0 Å². The summed E-state index contributed by atoms with van der Waals surface area (Å²) in [5.74, 6) is 0.694. The molecule has 1 aromatic carbocycles. The largest absolute Gasteiger partial charge is 0.291 e. The van der Waals surface area contributed by atoms with Crippen LogP contribution < -0.4 is 0 Å². The van der Waals surface area contributed by atoms with E-state index in [1.165, 1.54) is 0 Å². The SMILES string of the molecule is C[C@H](c1ccccc1)n1c(-c2cnccn2)n[nH]c1=S.